The number of nitrogens with one attached hydrogen (secondary N) is 1. The number of carbonyl (C=O) groups is 2. The van der Waals surface area contributed by atoms with Crippen LogP contribution < -0.4 is 14.8 Å². The van der Waals surface area contributed by atoms with Crippen LogP contribution in [0.3, 0.4) is 0 Å². The van der Waals surface area contributed by atoms with Crippen LogP contribution in [0.25, 0.3) is 11.1 Å². The molecule has 0 aliphatic rings. The van der Waals surface area contributed by atoms with Crippen LogP contribution in [0.4, 0.5) is 18.9 Å². The molecule has 0 saturated heterocycles. The SMILES string of the molecule is COc1cc(C(C)=O)ccc1OCCCC(=O)Nc1ccccc1-c1ccc(F)c(F)c1F. The minimum absolute atomic E-state index is 0.0972. The number of ether oxygens (including phenoxy) is 2. The Bertz CT molecular complexity index is 1180. The van der Waals surface area contributed by atoms with Gasteiger partial charge in [-0.15, -0.1) is 0 Å². The molecular weight excluding hydrogens is 435 g/mol. The van der Waals surface area contributed by atoms with Gasteiger partial charge in [0.2, 0.25) is 5.91 Å². The number of benzene rings is 3. The number of para-hydroxylation sites is 1. The molecule has 1 N–H and O–H groups in total. The van der Waals surface area contributed by atoms with Gasteiger partial charge in [-0.2, -0.15) is 0 Å². The van der Waals surface area contributed by atoms with Crippen molar-refractivity contribution in [1.82, 2.24) is 0 Å². The lowest BCUT2D eigenvalue weighted by Crippen LogP contribution is -2.13. The van der Waals surface area contributed by atoms with Gasteiger partial charge in [-0.05, 0) is 49.7 Å². The van der Waals surface area contributed by atoms with Gasteiger partial charge >= 0.3 is 0 Å². The molecule has 1 amide bonds. The van der Waals surface area contributed by atoms with Gasteiger partial charge in [0.15, 0.2) is 34.7 Å². The highest BCUT2D eigenvalue weighted by atomic mass is 19.2. The van der Waals surface area contributed by atoms with Crippen LogP contribution in [0.15, 0.2) is 54.6 Å². The molecule has 0 spiro atoms. The Morgan fingerprint density at radius 1 is 0.909 bits per heavy atom. The van der Waals surface area contributed by atoms with Crippen molar-refractivity contribution < 1.29 is 32.2 Å². The maximum atomic E-state index is 14.2. The van der Waals surface area contributed by atoms with Crippen molar-refractivity contribution in [1.29, 1.82) is 0 Å². The largest absolute Gasteiger partial charge is 0.493 e. The normalized spacial score (nSPS) is 10.6. The van der Waals surface area contributed by atoms with Crippen molar-refractivity contribution in [2.45, 2.75) is 19.8 Å². The molecule has 3 rings (SSSR count). The van der Waals surface area contributed by atoms with Crippen molar-refractivity contribution >= 4 is 17.4 Å². The molecule has 8 heteroatoms. The van der Waals surface area contributed by atoms with Gasteiger partial charge in [0.1, 0.15) is 0 Å². The highest BCUT2D eigenvalue weighted by molar-refractivity contribution is 5.95. The van der Waals surface area contributed by atoms with E-state index in [0.29, 0.717) is 23.5 Å². The third-order valence-corrected chi connectivity index (χ3v) is 4.90. The lowest BCUT2D eigenvalue weighted by atomic mass is 10.0. The summed E-state index contributed by atoms with van der Waals surface area (Å²) in [6.07, 6.45) is 0.466. The Balaban J connectivity index is 1.61. The van der Waals surface area contributed by atoms with Crippen LogP contribution in [-0.2, 0) is 4.79 Å². The zero-order chi connectivity index (χ0) is 24.0. The molecule has 5 nitrogen and oxygen atoms in total. The summed E-state index contributed by atoms with van der Waals surface area (Å²) in [6.45, 7) is 1.66. The molecule has 0 saturated carbocycles. The van der Waals surface area contributed by atoms with Gasteiger partial charge < -0.3 is 14.8 Å². The number of hydrogen-bond donors (Lipinski definition) is 1. The first kappa shape index (κ1) is 23.8. The van der Waals surface area contributed by atoms with Crippen LogP contribution in [0.5, 0.6) is 11.5 Å². The van der Waals surface area contributed by atoms with E-state index in [-0.39, 0.29) is 41.5 Å². The van der Waals surface area contributed by atoms with E-state index in [4.69, 9.17) is 9.47 Å². The summed E-state index contributed by atoms with van der Waals surface area (Å²) >= 11 is 0. The fraction of sp³-hybridized carbons (Fsp3) is 0.200. The summed E-state index contributed by atoms with van der Waals surface area (Å²) < 4.78 is 52.0. The van der Waals surface area contributed by atoms with Crippen LogP contribution in [0.2, 0.25) is 0 Å². The molecule has 3 aromatic rings. The van der Waals surface area contributed by atoms with Crippen LogP contribution >= 0.6 is 0 Å². The number of amides is 1. The molecule has 0 heterocycles. The van der Waals surface area contributed by atoms with Crippen molar-refractivity contribution in [2.75, 3.05) is 19.0 Å². The Hall–Kier alpha value is -3.81. The molecule has 0 aromatic heterocycles. The lowest BCUT2D eigenvalue weighted by Gasteiger charge is -2.13. The number of rotatable bonds is 9. The lowest BCUT2D eigenvalue weighted by molar-refractivity contribution is -0.116. The number of hydrogen-bond acceptors (Lipinski definition) is 4. The zero-order valence-corrected chi connectivity index (χ0v) is 18.1. The van der Waals surface area contributed by atoms with Gasteiger partial charge in [-0.25, -0.2) is 13.2 Å². The van der Waals surface area contributed by atoms with Crippen LogP contribution in [0.1, 0.15) is 30.1 Å². The average Bonchev–Trinajstić information content (AvgIpc) is 2.81. The minimum Gasteiger partial charge on any atom is -0.493 e. The molecule has 0 atom stereocenters. The fourth-order valence-electron chi connectivity index (χ4n) is 3.19. The van der Waals surface area contributed by atoms with E-state index in [9.17, 15) is 22.8 Å². The smallest absolute Gasteiger partial charge is 0.224 e. The number of methoxy groups -OCH3 is 1. The monoisotopic (exact) mass is 457 g/mol. The Morgan fingerprint density at radius 3 is 2.39 bits per heavy atom. The van der Waals surface area contributed by atoms with Crippen molar-refractivity contribution in [3.63, 3.8) is 0 Å². The molecule has 0 aliphatic heterocycles. The van der Waals surface area contributed by atoms with E-state index in [1.54, 1.807) is 36.4 Å². The molecule has 0 aliphatic carbocycles. The number of carbonyl (C=O) groups excluding carboxylic acids is 2. The predicted molar refractivity (Wildman–Crippen MR) is 118 cm³/mol. The van der Waals surface area contributed by atoms with Gasteiger partial charge in [0.05, 0.1) is 13.7 Å². The van der Waals surface area contributed by atoms with E-state index < -0.39 is 17.5 Å². The molecule has 0 unspecified atom stereocenters. The number of Topliss-reactive ketones (excluding diaryl/α,β-unsaturated/α-hetero) is 1. The standard InChI is InChI=1S/C25H22F3NO4/c1-15(30)16-9-12-21(22(14-16)32-2)33-13-5-8-23(31)29-20-7-4-3-6-17(20)18-10-11-19(26)25(28)24(18)27/h3-4,6-7,9-12,14H,5,8,13H2,1-2H3,(H,29,31). The first-order valence-corrected chi connectivity index (χ1v) is 10.2. The van der Waals surface area contributed by atoms with Gasteiger partial charge in [0, 0.05) is 28.8 Å². The number of halogens is 3. The highest BCUT2D eigenvalue weighted by Crippen LogP contribution is 2.32. The Kier molecular flexibility index (Phi) is 7.71. The fourth-order valence-corrected chi connectivity index (χ4v) is 3.19. The molecule has 0 radical (unpaired) electrons. The van der Waals surface area contributed by atoms with E-state index in [0.717, 1.165) is 12.1 Å². The maximum Gasteiger partial charge on any atom is 0.224 e. The molecule has 0 bridgehead atoms. The second kappa shape index (κ2) is 10.7. The summed E-state index contributed by atoms with van der Waals surface area (Å²) in [7, 11) is 1.47. The highest BCUT2D eigenvalue weighted by Gasteiger charge is 2.17. The third kappa shape index (κ3) is 5.71. The van der Waals surface area contributed by atoms with E-state index >= 15 is 0 Å². The first-order chi connectivity index (χ1) is 15.8. The summed E-state index contributed by atoms with van der Waals surface area (Å²) in [5.74, 6) is -3.78. The zero-order valence-electron chi connectivity index (χ0n) is 18.1. The van der Waals surface area contributed by atoms with Crippen LogP contribution in [-0.4, -0.2) is 25.4 Å². The quantitative estimate of drug-likeness (QED) is 0.251. The topological polar surface area (TPSA) is 64.6 Å². The number of anilines is 1. The Labute approximate surface area is 189 Å². The average molecular weight is 457 g/mol. The molecule has 0 fully saturated rings. The van der Waals surface area contributed by atoms with Crippen molar-refractivity contribution in [3.8, 4) is 22.6 Å². The van der Waals surface area contributed by atoms with E-state index in [1.165, 1.54) is 20.1 Å². The van der Waals surface area contributed by atoms with E-state index in [2.05, 4.69) is 5.32 Å². The molecule has 33 heavy (non-hydrogen) atoms. The number of ketones is 1. The van der Waals surface area contributed by atoms with Crippen LogP contribution in [0, 0.1) is 17.5 Å². The van der Waals surface area contributed by atoms with Gasteiger partial charge in [-0.1, -0.05) is 18.2 Å². The molecule has 172 valence electrons. The summed E-state index contributed by atoms with van der Waals surface area (Å²) in [5, 5.41) is 2.67. The third-order valence-electron chi connectivity index (χ3n) is 4.90. The van der Waals surface area contributed by atoms with Gasteiger partial charge in [0.25, 0.3) is 0 Å². The minimum atomic E-state index is -1.57. The van der Waals surface area contributed by atoms with Crippen molar-refractivity contribution in [2.24, 2.45) is 0 Å². The Morgan fingerprint density at radius 2 is 1.67 bits per heavy atom. The second-order valence-corrected chi connectivity index (χ2v) is 7.19. The summed E-state index contributed by atoms with van der Waals surface area (Å²) in [6, 6.07) is 13.1. The summed E-state index contributed by atoms with van der Waals surface area (Å²) in [5.41, 5.74) is 0.840. The summed E-state index contributed by atoms with van der Waals surface area (Å²) in [4.78, 5) is 23.9. The molecular formula is C25H22F3NO4. The first-order valence-electron chi connectivity index (χ1n) is 10.2. The second-order valence-electron chi connectivity index (χ2n) is 7.19. The predicted octanol–water partition coefficient (Wildman–Crippen LogP) is 5.78. The molecule has 3 aromatic carbocycles. The van der Waals surface area contributed by atoms with E-state index in [1.807, 2.05) is 0 Å². The van der Waals surface area contributed by atoms with Gasteiger partial charge in [-0.3, -0.25) is 9.59 Å². The van der Waals surface area contributed by atoms with Crippen molar-refractivity contribution in [3.05, 3.63) is 77.6 Å². The maximum absolute atomic E-state index is 14.2.